The molecule has 40 heavy (non-hydrogen) atoms. The maximum atomic E-state index is 14.3. The fraction of sp³-hybridized carbons (Fsp3) is 0.154. The van der Waals surface area contributed by atoms with Gasteiger partial charge in [-0.1, -0.05) is 0 Å². The van der Waals surface area contributed by atoms with Crippen LogP contribution in [0.15, 0.2) is 48.5 Å². The summed E-state index contributed by atoms with van der Waals surface area (Å²) in [6.07, 6.45) is -9.83. The molecule has 5 heterocycles. The summed E-state index contributed by atoms with van der Waals surface area (Å²) < 4.78 is 95.5. The third kappa shape index (κ3) is 4.50. The molecule has 0 fully saturated rings. The number of carbonyl (C=O) groups is 2. The lowest BCUT2D eigenvalue weighted by Gasteiger charge is -2.11. The van der Waals surface area contributed by atoms with Crippen LogP contribution in [0.2, 0.25) is 0 Å². The Labute approximate surface area is 219 Å². The predicted molar refractivity (Wildman–Crippen MR) is 128 cm³/mol. The molecule has 1 aliphatic rings. The number of aromatic nitrogens is 4. The van der Waals surface area contributed by atoms with E-state index in [4.69, 9.17) is 9.47 Å². The number of H-pyrrole nitrogens is 4. The monoisotopic (exact) mass is 564 g/mol. The molecule has 5 rings (SSSR count). The third-order valence-corrected chi connectivity index (χ3v) is 6.24. The van der Waals surface area contributed by atoms with Gasteiger partial charge in [-0.3, -0.25) is 0 Å². The maximum absolute atomic E-state index is 14.3. The van der Waals surface area contributed by atoms with E-state index in [9.17, 15) is 35.9 Å². The summed E-state index contributed by atoms with van der Waals surface area (Å²) in [4.78, 5) is 35.5. The zero-order valence-corrected chi connectivity index (χ0v) is 20.5. The second-order valence-electron chi connectivity index (χ2n) is 8.62. The fourth-order valence-electron chi connectivity index (χ4n) is 4.58. The van der Waals surface area contributed by atoms with Crippen molar-refractivity contribution in [2.45, 2.75) is 12.4 Å². The molecule has 8 nitrogen and oxygen atoms in total. The van der Waals surface area contributed by atoms with Crippen molar-refractivity contribution in [1.82, 2.24) is 19.9 Å². The molecule has 0 amide bonds. The Bertz CT molecular complexity index is 1760. The van der Waals surface area contributed by atoms with Crippen molar-refractivity contribution >= 4 is 34.2 Å². The number of carbonyl (C=O) groups excluding carboxylic acids is 2. The molecule has 14 heteroatoms. The zero-order valence-electron chi connectivity index (χ0n) is 20.5. The molecule has 0 atom stereocenters. The number of halogens is 6. The first-order valence-electron chi connectivity index (χ1n) is 11.4. The van der Waals surface area contributed by atoms with Gasteiger partial charge in [0, 0.05) is 0 Å². The average Bonchev–Trinajstić information content (AvgIpc) is 3.67. The number of ether oxygens (including phenoxy) is 2. The molecule has 208 valence electrons. The van der Waals surface area contributed by atoms with Crippen LogP contribution in [0.25, 0.3) is 22.3 Å². The van der Waals surface area contributed by atoms with Crippen molar-refractivity contribution in [3.8, 4) is 0 Å². The molecule has 0 saturated carbocycles. The Morgan fingerprint density at radius 3 is 1.18 bits per heavy atom. The van der Waals surface area contributed by atoms with Gasteiger partial charge < -0.3 is 29.4 Å². The third-order valence-electron chi connectivity index (χ3n) is 6.24. The lowest BCUT2D eigenvalue weighted by Crippen LogP contribution is -2.27. The van der Waals surface area contributed by atoms with Gasteiger partial charge in [0.05, 0.1) is 58.4 Å². The molecule has 4 aromatic rings. The van der Waals surface area contributed by atoms with Gasteiger partial charge in [-0.15, -0.1) is 0 Å². The van der Waals surface area contributed by atoms with E-state index in [1.807, 2.05) is 0 Å². The first-order chi connectivity index (χ1) is 18.8. The molecule has 0 spiro atoms. The summed E-state index contributed by atoms with van der Waals surface area (Å²) >= 11 is 0. The van der Waals surface area contributed by atoms with Gasteiger partial charge in [-0.05, 0) is 48.5 Å². The number of hydrogen-bond acceptors (Lipinski definition) is 4. The molecular formula is C26H18F6N4O4. The molecule has 0 aromatic carbocycles. The van der Waals surface area contributed by atoms with Crippen molar-refractivity contribution in [2.24, 2.45) is 0 Å². The highest BCUT2D eigenvalue weighted by atomic mass is 19.4. The quantitative estimate of drug-likeness (QED) is 0.219. The van der Waals surface area contributed by atoms with Crippen molar-refractivity contribution in [3.05, 3.63) is 92.7 Å². The number of hydrogen-bond donors (Lipinski definition) is 4. The summed E-state index contributed by atoms with van der Waals surface area (Å²) in [5.41, 5.74) is -4.16. The number of aromatic amines is 4. The number of esters is 2. The minimum Gasteiger partial charge on any atom is -0.465 e. The Balaban J connectivity index is 2.01. The fourth-order valence-corrected chi connectivity index (χ4v) is 4.58. The Hall–Kier alpha value is -4.88. The summed E-state index contributed by atoms with van der Waals surface area (Å²) in [5.74, 6) is -2.02. The largest absolute Gasteiger partial charge is 0.465 e. The van der Waals surface area contributed by atoms with Gasteiger partial charge in [0.1, 0.15) is 22.3 Å². The van der Waals surface area contributed by atoms with Crippen molar-refractivity contribution in [3.63, 3.8) is 0 Å². The van der Waals surface area contributed by atoms with Gasteiger partial charge in [0.15, 0.2) is 0 Å². The Morgan fingerprint density at radius 2 is 0.850 bits per heavy atom. The maximum Gasteiger partial charge on any atom is 0.420 e. The van der Waals surface area contributed by atoms with Crippen molar-refractivity contribution in [2.75, 3.05) is 14.2 Å². The molecule has 0 aliphatic carbocycles. The van der Waals surface area contributed by atoms with Gasteiger partial charge >= 0.3 is 24.3 Å². The van der Waals surface area contributed by atoms with E-state index >= 15 is 0 Å². The normalized spacial score (nSPS) is 14.0. The SMILES string of the molecule is COC(=O)C1=c2ccc([nH]2)=C(C(F)(F)F)c2ccc([nH]2)C(C(=O)OC)=c2ccc([nH]2)=C(C(F)(F)F)c2ccc1[nH]2. The van der Waals surface area contributed by atoms with Crippen LogP contribution in [0.5, 0.6) is 0 Å². The molecular weight excluding hydrogens is 546 g/mol. The zero-order chi connectivity index (χ0) is 29.0. The van der Waals surface area contributed by atoms with E-state index in [0.29, 0.717) is 0 Å². The van der Waals surface area contributed by atoms with Gasteiger partial charge in [0.2, 0.25) is 0 Å². The summed E-state index contributed by atoms with van der Waals surface area (Å²) in [7, 11) is 2.05. The highest BCUT2D eigenvalue weighted by Crippen LogP contribution is 2.33. The van der Waals surface area contributed by atoms with Crippen LogP contribution < -0.4 is 21.4 Å². The number of fused-ring (bicyclic) bond motifs is 8. The van der Waals surface area contributed by atoms with E-state index in [-0.39, 0.29) is 33.2 Å². The number of alkyl halides is 6. The van der Waals surface area contributed by atoms with E-state index in [1.54, 1.807) is 0 Å². The standard InChI is InChI=1S/C26H18F6N4O4/c1-39-23(37)19-11-3-7-15(33-11)21(25(27,28)29)17-9-5-13(35-17)20(24(38)40-2)14-6-10-18(36-14)22(26(30,31)32)16-8-4-12(19)34-16/h3-10,33-36H,1-2H3. The smallest absolute Gasteiger partial charge is 0.420 e. The van der Waals surface area contributed by atoms with Crippen LogP contribution in [0, 0.1) is 0 Å². The van der Waals surface area contributed by atoms with Crippen LogP contribution in [0.3, 0.4) is 0 Å². The lowest BCUT2D eigenvalue weighted by molar-refractivity contribution is -0.134. The van der Waals surface area contributed by atoms with Crippen molar-refractivity contribution < 1.29 is 45.4 Å². The predicted octanol–water partition coefficient (Wildman–Crippen LogP) is 1.58. The molecule has 0 saturated heterocycles. The topological polar surface area (TPSA) is 116 Å². The molecule has 0 unspecified atom stereocenters. The van der Waals surface area contributed by atoms with E-state index in [1.165, 1.54) is 24.3 Å². The first-order valence-corrected chi connectivity index (χ1v) is 11.4. The summed E-state index contributed by atoms with van der Waals surface area (Å²) in [6.45, 7) is 0. The number of rotatable bonds is 2. The van der Waals surface area contributed by atoms with Crippen LogP contribution in [-0.2, 0) is 19.1 Å². The average molecular weight is 564 g/mol. The molecule has 0 radical (unpaired) electrons. The molecule has 4 aromatic heterocycles. The van der Waals surface area contributed by atoms with Gasteiger partial charge in [0.25, 0.3) is 0 Å². The van der Waals surface area contributed by atoms with E-state index in [0.717, 1.165) is 38.5 Å². The minimum atomic E-state index is -4.91. The lowest BCUT2D eigenvalue weighted by atomic mass is 10.1. The van der Waals surface area contributed by atoms with Crippen LogP contribution in [0.1, 0.15) is 22.8 Å². The Morgan fingerprint density at radius 1 is 0.525 bits per heavy atom. The second kappa shape index (κ2) is 9.39. The van der Waals surface area contributed by atoms with Crippen LogP contribution in [0.4, 0.5) is 26.3 Å². The molecule has 4 N–H and O–H groups in total. The summed E-state index contributed by atoms with van der Waals surface area (Å²) in [6, 6.07) is 8.97. The minimum absolute atomic E-state index is 0.145. The van der Waals surface area contributed by atoms with Gasteiger partial charge in [-0.25, -0.2) is 9.59 Å². The first kappa shape index (κ1) is 26.7. The second-order valence-corrected chi connectivity index (χ2v) is 8.62. The highest BCUT2D eigenvalue weighted by molar-refractivity contribution is 6.16. The van der Waals surface area contributed by atoms with Crippen molar-refractivity contribution in [1.29, 1.82) is 0 Å². The number of methoxy groups -OCH3 is 2. The van der Waals surface area contributed by atoms with Crippen LogP contribution >= 0.6 is 0 Å². The van der Waals surface area contributed by atoms with Crippen LogP contribution in [-0.4, -0.2) is 58.4 Å². The Kier molecular flexibility index (Phi) is 6.27. The van der Waals surface area contributed by atoms with E-state index in [2.05, 4.69) is 19.9 Å². The van der Waals surface area contributed by atoms with Gasteiger partial charge in [-0.2, -0.15) is 26.3 Å². The summed E-state index contributed by atoms with van der Waals surface area (Å²) in [5, 5.41) is -1.21. The molecule has 1 aliphatic heterocycles. The number of nitrogens with one attached hydrogen (secondary N) is 4. The van der Waals surface area contributed by atoms with E-state index < -0.39 is 57.5 Å². The molecule has 8 bridgehead atoms. The highest BCUT2D eigenvalue weighted by Gasteiger charge is 2.38.